The quantitative estimate of drug-likeness (QED) is 0.493. The van der Waals surface area contributed by atoms with Crippen molar-refractivity contribution in [2.75, 3.05) is 26.3 Å². The molecular weight excluding hydrogens is 178 g/mol. The van der Waals surface area contributed by atoms with Gasteiger partial charge in [-0.1, -0.05) is 13.8 Å². The van der Waals surface area contributed by atoms with E-state index in [1.165, 1.54) is 0 Å². The third kappa shape index (κ3) is 4.94. The normalized spacial score (nSPS) is 12.0. The number of rotatable bonds is 9. The van der Waals surface area contributed by atoms with Crippen LogP contribution in [0.4, 0.5) is 0 Å². The van der Waals surface area contributed by atoms with Crippen molar-refractivity contribution in [1.29, 1.82) is 0 Å². The molecule has 0 atom stereocenters. The molecule has 0 aliphatic rings. The zero-order chi connectivity index (χ0) is 10.9. The highest BCUT2D eigenvalue weighted by Crippen LogP contribution is 2.24. The van der Waals surface area contributed by atoms with Gasteiger partial charge in [0.2, 0.25) is 0 Å². The van der Waals surface area contributed by atoms with Crippen molar-refractivity contribution >= 4 is 0 Å². The number of aliphatic hydroxyl groups is 2. The summed E-state index contributed by atoms with van der Waals surface area (Å²) in [6.07, 6.45) is 3.88. The maximum absolute atomic E-state index is 9.30. The predicted octanol–water partition coefficient (Wildman–Crippen LogP) is 1.15. The van der Waals surface area contributed by atoms with Gasteiger partial charge < -0.3 is 15.5 Å². The molecule has 0 amide bonds. The second kappa shape index (κ2) is 8.21. The zero-order valence-corrected chi connectivity index (χ0v) is 9.55. The monoisotopic (exact) mass is 203 g/mol. The molecule has 0 aliphatic carbocycles. The van der Waals surface area contributed by atoms with Gasteiger partial charge in [-0.2, -0.15) is 0 Å². The van der Waals surface area contributed by atoms with Crippen LogP contribution in [-0.2, 0) is 0 Å². The summed E-state index contributed by atoms with van der Waals surface area (Å²) < 4.78 is 0. The summed E-state index contributed by atoms with van der Waals surface area (Å²) in [6.45, 7) is 6.58. The molecule has 0 bridgehead atoms. The third-order valence-corrected chi connectivity index (χ3v) is 3.10. The molecule has 0 radical (unpaired) electrons. The van der Waals surface area contributed by atoms with Gasteiger partial charge in [-0.05, 0) is 32.2 Å². The van der Waals surface area contributed by atoms with Crippen LogP contribution in [0.3, 0.4) is 0 Å². The Morgan fingerprint density at radius 2 is 1.71 bits per heavy atom. The van der Waals surface area contributed by atoms with Crippen LogP contribution in [0.1, 0.15) is 39.5 Å². The Hall–Kier alpha value is -0.120. The fourth-order valence-electron chi connectivity index (χ4n) is 1.49. The topological polar surface area (TPSA) is 52.5 Å². The molecule has 0 unspecified atom stereocenters. The minimum Gasteiger partial charge on any atom is -0.396 e. The standard InChI is InChI=1S/C11H25NO2/c1-3-11(4-2,10-14)9-12-7-5-6-8-13/h12-14H,3-10H2,1-2H3. The van der Waals surface area contributed by atoms with Gasteiger partial charge in [0.05, 0.1) is 0 Å². The van der Waals surface area contributed by atoms with Gasteiger partial charge in [-0.15, -0.1) is 0 Å². The molecule has 0 aromatic carbocycles. The van der Waals surface area contributed by atoms with Crippen LogP contribution in [0.2, 0.25) is 0 Å². The van der Waals surface area contributed by atoms with E-state index in [2.05, 4.69) is 19.2 Å². The van der Waals surface area contributed by atoms with Gasteiger partial charge >= 0.3 is 0 Å². The molecule has 0 saturated carbocycles. The lowest BCUT2D eigenvalue weighted by Gasteiger charge is -2.29. The Bertz CT molecular complexity index is 116. The van der Waals surface area contributed by atoms with E-state index in [9.17, 15) is 5.11 Å². The third-order valence-electron chi connectivity index (χ3n) is 3.10. The van der Waals surface area contributed by atoms with Gasteiger partial charge in [-0.25, -0.2) is 0 Å². The molecular formula is C11H25NO2. The number of nitrogens with one attached hydrogen (secondary N) is 1. The second-order valence-electron chi connectivity index (χ2n) is 3.97. The summed E-state index contributed by atoms with van der Waals surface area (Å²) in [5, 5.41) is 21.2. The summed E-state index contributed by atoms with van der Waals surface area (Å²) in [4.78, 5) is 0. The van der Waals surface area contributed by atoms with E-state index in [0.29, 0.717) is 0 Å². The lowest BCUT2D eigenvalue weighted by Crippen LogP contribution is -2.36. The first kappa shape index (κ1) is 13.9. The van der Waals surface area contributed by atoms with Crippen molar-refractivity contribution in [2.45, 2.75) is 39.5 Å². The van der Waals surface area contributed by atoms with Crippen LogP contribution in [0.5, 0.6) is 0 Å². The number of aliphatic hydroxyl groups excluding tert-OH is 2. The highest BCUT2D eigenvalue weighted by atomic mass is 16.3. The Kier molecular flexibility index (Phi) is 8.14. The molecule has 0 aromatic heterocycles. The van der Waals surface area contributed by atoms with Crippen LogP contribution in [0.15, 0.2) is 0 Å². The van der Waals surface area contributed by atoms with Crippen molar-refractivity contribution in [1.82, 2.24) is 5.32 Å². The van der Waals surface area contributed by atoms with Crippen molar-refractivity contribution < 1.29 is 10.2 Å². The molecule has 3 heteroatoms. The summed E-state index contributed by atoms with van der Waals surface area (Å²) >= 11 is 0. The Balaban J connectivity index is 3.61. The van der Waals surface area contributed by atoms with Crippen molar-refractivity contribution in [2.24, 2.45) is 5.41 Å². The highest BCUT2D eigenvalue weighted by molar-refractivity contribution is 4.77. The van der Waals surface area contributed by atoms with Crippen molar-refractivity contribution in [3.05, 3.63) is 0 Å². The molecule has 0 saturated heterocycles. The average molecular weight is 203 g/mol. The summed E-state index contributed by atoms with van der Waals surface area (Å²) in [6, 6.07) is 0. The average Bonchev–Trinajstić information content (AvgIpc) is 2.24. The smallest absolute Gasteiger partial charge is 0.0499 e. The molecule has 0 spiro atoms. The van der Waals surface area contributed by atoms with Crippen LogP contribution < -0.4 is 5.32 Å². The second-order valence-corrected chi connectivity index (χ2v) is 3.97. The summed E-state index contributed by atoms with van der Waals surface area (Å²) in [7, 11) is 0. The van der Waals surface area contributed by atoms with Gasteiger partial charge in [0, 0.05) is 25.2 Å². The lowest BCUT2D eigenvalue weighted by molar-refractivity contribution is 0.113. The van der Waals surface area contributed by atoms with Gasteiger partial charge in [-0.3, -0.25) is 0 Å². The van der Waals surface area contributed by atoms with E-state index in [4.69, 9.17) is 5.11 Å². The van der Waals surface area contributed by atoms with Gasteiger partial charge in [0.25, 0.3) is 0 Å². The molecule has 0 rings (SSSR count). The van der Waals surface area contributed by atoms with E-state index < -0.39 is 0 Å². The number of hydrogen-bond donors (Lipinski definition) is 3. The fraction of sp³-hybridized carbons (Fsp3) is 1.00. The highest BCUT2D eigenvalue weighted by Gasteiger charge is 2.24. The van der Waals surface area contributed by atoms with Gasteiger partial charge in [0.15, 0.2) is 0 Å². The van der Waals surface area contributed by atoms with Crippen LogP contribution in [-0.4, -0.2) is 36.5 Å². The summed E-state index contributed by atoms with van der Waals surface area (Å²) in [5.74, 6) is 0. The molecule has 0 heterocycles. The number of hydrogen-bond acceptors (Lipinski definition) is 3. The first-order chi connectivity index (χ1) is 6.74. The van der Waals surface area contributed by atoms with E-state index in [-0.39, 0.29) is 18.6 Å². The molecule has 0 fully saturated rings. The fourth-order valence-corrected chi connectivity index (χ4v) is 1.49. The maximum atomic E-state index is 9.30. The maximum Gasteiger partial charge on any atom is 0.0499 e. The van der Waals surface area contributed by atoms with Crippen molar-refractivity contribution in [3.63, 3.8) is 0 Å². The Morgan fingerprint density at radius 1 is 1.07 bits per heavy atom. The zero-order valence-electron chi connectivity index (χ0n) is 9.55. The summed E-state index contributed by atoms with van der Waals surface area (Å²) in [5.41, 5.74) is 0.0548. The first-order valence-electron chi connectivity index (χ1n) is 5.67. The van der Waals surface area contributed by atoms with E-state index in [1.54, 1.807) is 0 Å². The minimum atomic E-state index is 0.0548. The van der Waals surface area contributed by atoms with Gasteiger partial charge in [0.1, 0.15) is 0 Å². The molecule has 86 valence electrons. The lowest BCUT2D eigenvalue weighted by atomic mass is 9.83. The van der Waals surface area contributed by atoms with Crippen molar-refractivity contribution in [3.8, 4) is 0 Å². The van der Waals surface area contributed by atoms with E-state index in [1.807, 2.05) is 0 Å². The van der Waals surface area contributed by atoms with Crippen LogP contribution in [0, 0.1) is 5.41 Å². The molecule has 0 aromatic rings. The molecule has 14 heavy (non-hydrogen) atoms. The predicted molar refractivity (Wildman–Crippen MR) is 59.3 cm³/mol. The van der Waals surface area contributed by atoms with E-state index >= 15 is 0 Å². The molecule has 3 N–H and O–H groups in total. The Labute approximate surface area is 87.5 Å². The van der Waals surface area contributed by atoms with Crippen LogP contribution >= 0.6 is 0 Å². The van der Waals surface area contributed by atoms with E-state index in [0.717, 1.165) is 38.8 Å². The minimum absolute atomic E-state index is 0.0548. The Morgan fingerprint density at radius 3 is 2.14 bits per heavy atom. The molecule has 0 aliphatic heterocycles. The SMILES string of the molecule is CCC(CC)(CO)CNCCCCO. The first-order valence-corrected chi connectivity index (χ1v) is 5.67. The van der Waals surface area contributed by atoms with Crippen LogP contribution in [0.25, 0.3) is 0 Å². The largest absolute Gasteiger partial charge is 0.396 e. The molecule has 3 nitrogen and oxygen atoms in total. The number of unbranched alkanes of at least 4 members (excludes halogenated alkanes) is 1.